The molecule has 0 amide bonds. The molecular weight excluding hydrogens is 515 g/mol. The number of aliphatic hydroxyl groups excluding tert-OH is 2. The van der Waals surface area contributed by atoms with Gasteiger partial charge in [-0.15, -0.1) is 13.2 Å². The number of halogens is 4. The number of aromatic nitrogens is 3. The van der Waals surface area contributed by atoms with Crippen molar-refractivity contribution in [1.29, 1.82) is 0 Å². The van der Waals surface area contributed by atoms with Gasteiger partial charge in [0.15, 0.2) is 0 Å². The molecule has 194 valence electrons. The highest BCUT2D eigenvalue weighted by molar-refractivity contribution is 6.30. The number of fused-ring (bicyclic) bond motifs is 1. The summed E-state index contributed by atoms with van der Waals surface area (Å²) in [5, 5.41) is 21.0. The number of aliphatic hydroxyl groups is 2. The molecule has 2 aromatic carbocycles. The fourth-order valence-electron chi connectivity index (χ4n) is 4.09. The number of hydrogen-bond acceptors (Lipinski definition) is 6. The van der Waals surface area contributed by atoms with Crippen LogP contribution in [0.2, 0.25) is 5.02 Å². The van der Waals surface area contributed by atoms with E-state index in [0.29, 0.717) is 10.6 Å². The van der Waals surface area contributed by atoms with Crippen molar-refractivity contribution in [3.63, 3.8) is 0 Å². The molecule has 1 unspecified atom stereocenters. The van der Waals surface area contributed by atoms with Crippen LogP contribution in [0, 0.1) is 0 Å². The number of hydrogen-bond donors (Lipinski definition) is 2. The quantitative estimate of drug-likeness (QED) is 0.373. The molecule has 0 fully saturated rings. The fourth-order valence-corrected chi connectivity index (χ4v) is 4.21. The first-order valence-electron chi connectivity index (χ1n) is 11.0. The second kappa shape index (κ2) is 10.4. The minimum Gasteiger partial charge on any atom is -0.406 e. The Labute approximate surface area is 212 Å². The van der Waals surface area contributed by atoms with Crippen molar-refractivity contribution in [3.05, 3.63) is 91.7 Å². The number of nitrogens with zero attached hydrogens (tertiary/aromatic N) is 3. The van der Waals surface area contributed by atoms with E-state index in [4.69, 9.17) is 11.6 Å². The average molecular weight is 536 g/mol. The van der Waals surface area contributed by atoms with Crippen LogP contribution in [0.4, 0.5) is 13.2 Å². The molecule has 12 heteroatoms. The third-order valence-electron chi connectivity index (χ3n) is 5.77. The highest BCUT2D eigenvalue weighted by atomic mass is 35.5. The number of benzene rings is 2. The monoisotopic (exact) mass is 535 g/mol. The summed E-state index contributed by atoms with van der Waals surface area (Å²) in [5.41, 5.74) is -0.720. The molecule has 0 aliphatic carbocycles. The van der Waals surface area contributed by atoms with Gasteiger partial charge in [-0.1, -0.05) is 35.9 Å². The SMILES string of the molecule is Cn1c(=O)n(CCCO)c(=O)c2c(C(O)c3ccc(Cl)cc3)c(-c3cccc(OC(F)(F)F)c3)cnc21. The lowest BCUT2D eigenvalue weighted by Gasteiger charge is -2.20. The summed E-state index contributed by atoms with van der Waals surface area (Å²) >= 11 is 5.98. The largest absolute Gasteiger partial charge is 0.573 e. The smallest absolute Gasteiger partial charge is 0.406 e. The lowest BCUT2D eigenvalue weighted by atomic mass is 9.92. The summed E-state index contributed by atoms with van der Waals surface area (Å²) in [6, 6.07) is 11.2. The van der Waals surface area contributed by atoms with E-state index < -0.39 is 29.5 Å². The number of pyridine rings is 1. The first-order chi connectivity index (χ1) is 17.5. The van der Waals surface area contributed by atoms with Crippen LogP contribution in [0.15, 0.2) is 64.3 Å². The van der Waals surface area contributed by atoms with E-state index in [-0.39, 0.29) is 47.3 Å². The number of rotatable bonds is 7. The zero-order valence-corrected chi connectivity index (χ0v) is 20.1. The molecule has 0 spiro atoms. The minimum absolute atomic E-state index is 0.0234. The molecule has 0 radical (unpaired) electrons. The van der Waals surface area contributed by atoms with Crippen molar-refractivity contribution in [2.45, 2.75) is 25.4 Å². The lowest BCUT2D eigenvalue weighted by molar-refractivity contribution is -0.274. The Kier molecular flexibility index (Phi) is 7.39. The molecule has 4 aromatic rings. The van der Waals surface area contributed by atoms with Gasteiger partial charge in [0, 0.05) is 42.5 Å². The molecule has 0 aliphatic rings. The molecule has 37 heavy (non-hydrogen) atoms. The summed E-state index contributed by atoms with van der Waals surface area (Å²) in [6.45, 7) is -0.355. The van der Waals surface area contributed by atoms with Gasteiger partial charge in [-0.05, 0) is 41.8 Å². The van der Waals surface area contributed by atoms with Crippen LogP contribution in [0.1, 0.15) is 23.7 Å². The summed E-state index contributed by atoms with van der Waals surface area (Å²) in [7, 11) is 1.41. The Hall–Kier alpha value is -3.67. The van der Waals surface area contributed by atoms with Crippen molar-refractivity contribution < 1.29 is 28.1 Å². The molecule has 8 nitrogen and oxygen atoms in total. The second-order valence-electron chi connectivity index (χ2n) is 8.19. The highest BCUT2D eigenvalue weighted by Crippen LogP contribution is 2.37. The van der Waals surface area contributed by atoms with Gasteiger partial charge < -0.3 is 14.9 Å². The van der Waals surface area contributed by atoms with Crippen LogP contribution in [-0.4, -0.2) is 37.3 Å². The van der Waals surface area contributed by atoms with E-state index in [1.165, 1.54) is 37.5 Å². The van der Waals surface area contributed by atoms with Crippen LogP contribution < -0.4 is 16.0 Å². The summed E-state index contributed by atoms with van der Waals surface area (Å²) in [6.07, 6.45) is -4.97. The molecule has 0 aliphatic heterocycles. The summed E-state index contributed by atoms with van der Waals surface area (Å²) in [5.74, 6) is -0.502. The van der Waals surface area contributed by atoms with Crippen molar-refractivity contribution in [3.8, 4) is 16.9 Å². The zero-order valence-electron chi connectivity index (χ0n) is 19.4. The van der Waals surface area contributed by atoms with Crippen molar-refractivity contribution in [1.82, 2.24) is 14.1 Å². The molecule has 2 aromatic heterocycles. The Morgan fingerprint density at radius 1 is 1.14 bits per heavy atom. The predicted octanol–water partition coefficient (Wildman–Crippen LogP) is 3.78. The predicted molar refractivity (Wildman–Crippen MR) is 131 cm³/mol. The molecule has 2 N–H and O–H groups in total. The van der Waals surface area contributed by atoms with E-state index in [1.807, 2.05) is 0 Å². The van der Waals surface area contributed by atoms with E-state index in [2.05, 4.69) is 9.72 Å². The van der Waals surface area contributed by atoms with Gasteiger partial charge in [0.05, 0.1) is 5.39 Å². The highest BCUT2D eigenvalue weighted by Gasteiger charge is 2.31. The first-order valence-corrected chi connectivity index (χ1v) is 11.4. The summed E-state index contributed by atoms with van der Waals surface area (Å²) in [4.78, 5) is 30.7. The van der Waals surface area contributed by atoms with Crippen LogP contribution in [-0.2, 0) is 13.6 Å². The van der Waals surface area contributed by atoms with Crippen LogP contribution in [0.5, 0.6) is 5.75 Å². The van der Waals surface area contributed by atoms with E-state index in [0.717, 1.165) is 21.3 Å². The average Bonchev–Trinajstić information content (AvgIpc) is 2.85. The fraction of sp³-hybridized carbons (Fsp3) is 0.240. The maximum Gasteiger partial charge on any atom is 0.573 e. The Morgan fingerprint density at radius 2 is 1.84 bits per heavy atom. The first kappa shape index (κ1) is 26.4. The van der Waals surface area contributed by atoms with Crippen molar-refractivity contribution in [2.24, 2.45) is 7.05 Å². The van der Waals surface area contributed by atoms with E-state index in [9.17, 15) is 33.0 Å². The van der Waals surface area contributed by atoms with E-state index >= 15 is 0 Å². The molecule has 0 saturated heterocycles. The van der Waals surface area contributed by atoms with Gasteiger partial charge in [0.1, 0.15) is 17.5 Å². The zero-order chi connectivity index (χ0) is 26.9. The Bertz CT molecular complexity index is 1570. The molecule has 0 saturated carbocycles. The van der Waals surface area contributed by atoms with Crippen LogP contribution >= 0.6 is 11.6 Å². The van der Waals surface area contributed by atoms with Gasteiger partial charge in [-0.2, -0.15) is 0 Å². The summed E-state index contributed by atoms with van der Waals surface area (Å²) < 4.78 is 44.6. The maximum absolute atomic E-state index is 13.6. The Morgan fingerprint density at radius 3 is 2.49 bits per heavy atom. The van der Waals surface area contributed by atoms with Crippen molar-refractivity contribution in [2.75, 3.05) is 6.61 Å². The molecule has 1 atom stereocenters. The van der Waals surface area contributed by atoms with Gasteiger partial charge in [-0.3, -0.25) is 13.9 Å². The van der Waals surface area contributed by atoms with Crippen LogP contribution in [0.25, 0.3) is 22.2 Å². The van der Waals surface area contributed by atoms with Gasteiger partial charge in [0.25, 0.3) is 5.56 Å². The number of aryl methyl sites for hydroxylation is 1. The van der Waals surface area contributed by atoms with Crippen molar-refractivity contribution >= 4 is 22.6 Å². The third kappa shape index (κ3) is 5.38. The normalized spacial score (nSPS) is 12.6. The number of ether oxygens (including phenoxy) is 1. The second-order valence-corrected chi connectivity index (χ2v) is 8.63. The van der Waals surface area contributed by atoms with E-state index in [1.54, 1.807) is 12.1 Å². The topological polar surface area (TPSA) is 107 Å². The lowest BCUT2D eigenvalue weighted by Crippen LogP contribution is -2.40. The molecular formula is C25H21ClF3N3O5. The van der Waals surface area contributed by atoms with Gasteiger partial charge >= 0.3 is 12.1 Å². The Balaban J connectivity index is 2.06. The maximum atomic E-state index is 13.6. The standard InChI is InChI=1S/C25H21ClF3N3O5/c1-31-22-20(23(35)32(24(31)36)10-3-11-33)19(21(34)14-6-8-16(26)9-7-14)18(13-30-22)15-4-2-5-17(12-15)37-25(27,28)29/h2,4-9,12-13,21,33-34H,3,10-11H2,1H3. The molecule has 2 heterocycles. The van der Waals surface area contributed by atoms with Gasteiger partial charge in [-0.25, -0.2) is 9.78 Å². The minimum atomic E-state index is -4.93. The third-order valence-corrected chi connectivity index (χ3v) is 6.02. The van der Waals surface area contributed by atoms with Gasteiger partial charge in [0.2, 0.25) is 0 Å². The number of alkyl halides is 3. The molecule has 4 rings (SSSR count). The van der Waals surface area contributed by atoms with Crippen LogP contribution in [0.3, 0.4) is 0 Å². The molecule has 0 bridgehead atoms.